The molecular weight excluding hydrogens is 252 g/mol. The van der Waals surface area contributed by atoms with Crippen molar-refractivity contribution in [1.82, 2.24) is 10.6 Å². The van der Waals surface area contributed by atoms with Crippen LogP contribution in [0.15, 0.2) is 18.2 Å². The number of benzene rings is 1. The highest BCUT2D eigenvalue weighted by molar-refractivity contribution is 5.33. The lowest BCUT2D eigenvalue weighted by atomic mass is 9.94. The third-order valence-electron chi connectivity index (χ3n) is 3.93. The minimum absolute atomic E-state index is 0.599. The Morgan fingerprint density at radius 2 is 2.20 bits per heavy atom. The number of aliphatic hydroxyl groups is 1. The Balaban J connectivity index is 1.65. The molecule has 0 spiro atoms. The van der Waals surface area contributed by atoms with Gasteiger partial charge < -0.3 is 20.5 Å². The van der Waals surface area contributed by atoms with Crippen molar-refractivity contribution in [2.45, 2.75) is 32.3 Å². The number of hydrogen-bond donors (Lipinski definition) is 3. The number of rotatable bonds is 6. The highest BCUT2D eigenvalue weighted by atomic mass is 16.5. The summed E-state index contributed by atoms with van der Waals surface area (Å²) in [4.78, 5) is 0. The van der Waals surface area contributed by atoms with Gasteiger partial charge in [-0.1, -0.05) is 6.07 Å². The average molecular weight is 278 g/mol. The minimum Gasteiger partial charge on any atom is -0.492 e. The van der Waals surface area contributed by atoms with E-state index in [4.69, 9.17) is 4.74 Å². The third-order valence-corrected chi connectivity index (χ3v) is 3.93. The number of piperidine rings is 1. The van der Waals surface area contributed by atoms with E-state index in [0.717, 1.165) is 31.7 Å². The van der Waals surface area contributed by atoms with E-state index in [1.54, 1.807) is 0 Å². The van der Waals surface area contributed by atoms with Crippen LogP contribution in [-0.4, -0.2) is 43.5 Å². The maximum absolute atomic E-state index is 10.3. The fourth-order valence-corrected chi connectivity index (χ4v) is 2.47. The number of hydrogen-bond acceptors (Lipinski definition) is 4. The van der Waals surface area contributed by atoms with Crippen molar-refractivity contribution in [2.24, 2.45) is 0 Å². The van der Waals surface area contributed by atoms with Gasteiger partial charge in [0.25, 0.3) is 0 Å². The van der Waals surface area contributed by atoms with E-state index < -0.39 is 5.60 Å². The van der Waals surface area contributed by atoms with Crippen LogP contribution in [0.3, 0.4) is 0 Å². The normalized spacial score (nSPS) is 22.8. The molecule has 1 aromatic carbocycles. The van der Waals surface area contributed by atoms with E-state index >= 15 is 0 Å². The number of β-amino-alcohol motifs (C(OH)–C–C–N with tert-alkyl or cyclic N) is 1. The lowest BCUT2D eigenvalue weighted by molar-refractivity contribution is 0.0167. The molecule has 1 aliphatic heterocycles. The molecule has 0 amide bonds. The molecule has 0 radical (unpaired) electrons. The fourth-order valence-electron chi connectivity index (χ4n) is 2.47. The smallest absolute Gasteiger partial charge is 0.119 e. The van der Waals surface area contributed by atoms with E-state index in [-0.39, 0.29) is 0 Å². The summed E-state index contributed by atoms with van der Waals surface area (Å²) in [5.41, 5.74) is 1.93. The van der Waals surface area contributed by atoms with Gasteiger partial charge in [-0.3, -0.25) is 0 Å². The molecule has 0 aliphatic carbocycles. The van der Waals surface area contributed by atoms with Gasteiger partial charge in [-0.05, 0) is 56.5 Å². The molecule has 1 saturated heterocycles. The zero-order chi connectivity index (χ0) is 14.4. The van der Waals surface area contributed by atoms with Crippen LogP contribution >= 0.6 is 0 Å². The van der Waals surface area contributed by atoms with Gasteiger partial charge in [0.1, 0.15) is 12.4 Å². The largest absolute Gasteiger partial charge is 0.492 e. The summed E-state index contributed by atoms with van der Waals surface area (Å²) in [6, 6.07) is 6.14. The lowest BCUT2D eigenvalue weighted by Gasteiger charge is -2.32. The molecule has 1 aliphatic rings. The van der Waals surface area contributed by atoms with Gasteiger partial charge in [0.05, 0.1) is 5.60 Å². The summed E-state index contributed by atoms with van der Waals surface area (Å²) in [7, 11) is 0. The van der Waals surface area contributed by atoms with Gasteiger partial charge in [0.15, 0.2) is 0 Å². The van der Waals surface area contributed by atoms with E-state index in [2.05, 4.69) is 36.6 Å². The fraction of sp³-hybridized carbons (Fsp3) is 0.625. The van der Waals surface area contributed by atoms with E-state index in [9.17, 15) is 5.11 Å². The monoisotopic (exact) mass is 278 g/mol. The van der Waals surface area contributed by atoms with Gasteiger partial charge >= 0.3 is 0 Å². The van der Waals surface area contributed by atoms with Crippen LogP contribution in [0.4, 0.5) is 0 Å². The van der Waals surface area contributed by atoms with E-state index in [1.807, 2.05) is 6.07 Å². The van der Waals surface area contributed by atoms with Crippen LogP contribution in [-0.2, 0) is 0 Å². The SMILES string of the molecule is Cc1ccc(OCCNC[C@]2(O)CCCNC2)cc1C. The van der Waals surface area contributed by atoms with Gasteiger partial charge in [0.2, 0.25) is 0 Å². The zero-order valence-electron chi connectivity index (χ0n) is 12.5. The molecule has 20 heavy (non-hydrogen) atoms. The minimum atomic E-state index is -0.599. The number of nitrogens with one attached hydrogen (secondary N) is 2. The second kappa shape index (κ2) is 7.07. The molecule has 1 aromatic rings. The highest BCUT2D eigenvalue weighted by Crippen LogP contribution is 2.16. The second-order valence-electron chi connectivity index (χ2n) is 5.78. The van der Waals surface area contributed by atoms with Crippen LogP contribution in [0.5, 0.6) is 5.75 Å². The zero-order valence-corrected chi connectivity index (χ0v) is 12.5. The van der Waals surface area contributed by atoms with E-state index in [1.165, 1.54) is 11.1 Å². The Hall–Kier alpha value is -1.10. The second-order valence-corrected chi connectivity index (χ2v) is 5.78. The molecule has 4 heteroatoms. The molecule has 2 rings (SSSR count). The van der Waals surface area contributed by atoms with Gasteiger partial charge in [-0.25, -0.2) is 0 Å². The number of aryl methyl sites for hydroxylation is 2. The van der Waals surface area contributed by atoms with Crippen LogP contribution in [0.2, 0.25) is 0 Å². The Bertz CT molecular complexity index is 428. The molecule has 1 atom stereocenters. The predicted octanol–water partition coefficient (Wildman–Crippen LogP) is 1.39. The first kappa shape index (κ1) is 15.3. The molecule has 112 valence electrons. The standard InChI is InChI=1S/C16H26N2O2/c1-13-4-5-15(10-14(13)2)20-9-8-18-12-16(19)6-3-7-17-11-16/h4-5,10,17-19H,3,6-9,11-12H2,1-2H3/t16-/m0/s1. The van der Waals surface area contributed by atoms with Crippen molar-refractivity contribution >= 4 is 0 Å². The molecule has 0 saturated carbocycles. The van der Waals surface area contributed by atoms with Crippen LogP contribution in [0.1, 0.15) is 24.0 Å². The molecule has 1 fully saturated rings. The Labute approximate surface area is 121 Å². The molecule has 3 N–H and O–H groups in total. The number of ether oxygens (including phenoxy) is 1. The Morgan fingerprint density at radius 3 is 2.90 bits per heavy atom. The van der Waals surface area contributed by atoms with Crippen molar-refractivity contribution in [3.63, 3.8) is 0 Å². The molecule has 0 aromatic heterocycles. The lowest BCUT2D eigenvalue weighted by Crippen LogP contribution is -2.52. The van der Waals surface area contributed by atoms with Crippen LogP contribution in [0, 0.1) is 13.8 Å². The topological polar surface area (TPSA) is 53.5 Å². The van der Waals surface area contributed by atoms with Gasteiger partial charge in [-0.15, -0.1) is 0 Å². The first-order valence-corrected chi connectivity index (χ1v) is 7.43. The van der Waals surface area contributed by atoms with E-state index in [0.29, 0.717) is 19.7 Å². The first-order valence-electron chi connectivity index (χ1n) is 7.43. The molecule has 4 nitrogen and oxygen atoms in total. The predicted molar refractivity (Wildman–Crippen MR) is 81.3 cm³/mol. The van der Waals surface area contributed by atoms with Gasteiger partial charge in [-0.2, -0.15) is 0 Å². The molecule has 1 heterocycles. The summed E-state index contributed by atoms with van der Waals surface area (Å²) in [5, 5.41) is 16.8. The Kier molecular flexibility index (Phi) is 5.40. The highest BCUT2D eigenvalue weighted by Gasteiger charge is 2.28. The van der Waals surface area contributed by atoms with Crippen LogP contribution in [0.25, 0.3) is 0 Å². The van der Waals surface area contributed by atoms with Crippen molar-refractivity contribution in [3.8, 4) is 5.75 Å². The summed E-state index contributed by atoms with van der Waals surface area (Å²) >= 11 is 0. The molecular formula is C16H26N2O2. The summed E-state index contributed by atoms with van der Waals surface area (Å²) < 4.78 is 5.70. The average Bonchev–Trinajstić information content (AvgIpc) is 2.43. The first-order chi connectivity index (χ1) is 9.59. The summed E-state index contributed by atoms with van der Waals surface area (Å²) in [6.45, 7) is 7.86. The Morgan fingerprint density at radius 1 is 1.35 bits per heavy atom. The quantitative estimate of drug-likeness (QED) is 0.688. The maximum Gasteiger partial charge on any atom is 0.119 e. The maximum atomic E-state index is 10.3. The van der Waals surface area contributed by atoms with Gasteiger partial charge in [0, 0.05) is 19.6 Å². The van der Waals surface area contributed by atoms with Crippen molar-refractivity contribution in [3.05, 3.63) is 29.3 Å². The summed E-state index contributed by atoms with van der Waals surface area (Å²) in [6.07, 6.45) is 1.91. The van der Waals surface area contributed by atoms with Crippen molar-refractivity contribution < 1.29 is 9.84 Å². The third kappa shape index (κ3) is 4.47. The molecule has 0 bridgehead atoms. The molecule has 0 unspecified atom stereocenters. The summed E-state index contributed by atoms with van der Waals surface area (Å²) in [5.74, 6) is 0.910. The van der Waals surface area contributed by atoms with Crippen molar-refractivity contribution in [2.75, 3.05) is 32.8 Å². The van der Waals surface area contributed by atoms with Crippen molar-refractivity contribution in [1.29, 1.82) is 0 Å². The van der Waals surface area contributed by atoms with Crippen LogP contribution < -0.4 is 15.4 Å².